The molecule has 0 saturated heterocycles. The highest BCUT2D eigenvalue weighted by atomic mass is 19.4. The second kappa shape index (κ2) is 9.34. The van der Waals surface area contributed by atoms with E-state index < -0.39 is 11.7 Å². The van der Waals surface area contributed by atoms with Crippen LogP contribution < -0.4 is 11.1 Å². The van der Waals surface area contributed by atoms with Gasteiger partial charge in [-0.3, -0.25) is 9.78 Å². The van der Waals surface area contributed by atoms with Gasteiger partial charge in [0.05, 0.1) is 17.7 Å². The molecule has 3 rings (SSSR count). The molecule has 0 fully saturated rings. The molecule has 1 aromatic heterocycles. The Morgan fingerprint density at radius 2 is 1.84 bits per heavy atom. The number of aliphatic hydroxyl groups excluding tert-OH is 1. The number of carbonyl (C=O) groups excluding carboxylic acids is 1. The third-order valence-electron chi connectivity index (χ3n) is 5.07. The first kappa shape index (κ1) is 22.6. The minimum atomic E-state index is -4.38. The van der Waals surface area contributed by atoms with Crippen molar-refractivity contribution in [1.82, 2.24) is 4.98 Å². The molecule has 0 saturated carbocycles. The van der Waals surface area contributed by atoms with E-state index in [9.17, 15) is 23.1 Å². The lowest BCUT2D eigenvalue weighted by molar-refractivity contribution is -0.137. The molecule has 0 aliphatic rings. The van der Waals surface area contributed by atoms with E-state index in [1.165, 1.54) is 12.1 Å². The fourth-order valence-corrected chi connectivity index (χ4v) is 3.42. The molecule has 1 heterocycles. The number of amides is 1. The van der Waals surface area contributed by atoms with Gasteiger partial charge in [0.25, 0.3) is 0 Å². The van der Waals surface area contributed by atoms with Crippen LogP contribution in [-0.2, 0) is 30.4 Å². The number of carbonyl (C=O) groups is 1. The number of benzene rings is 2. The zero-order valence-corrected chi connectivity index (χ0v) is 17.1. The predicted octanol–water partition coefficient (Wildman–Crippen LogP) is 4.85. The summed E-state index contributed by atoms with van der Waals surface area (Å²) in [5, 5.41) is 13.1. The van der Waals surface area contributed by atoms with Crippen molar-refractivity contribution in [3.8, 4) is 0 Å². The van der Waals surface area contributed by atoms with Crippen molar-refractivity contribution in [2.45, 2.75) is 45.4 Å². The molecule has 4 N–H and O–H groups in total. The molecule has 3 aromatic rings. The third-order valence-corrected chi connectivity index (χ3v) is 5.07. The molecule has 0 aliphatic heterocycles. The number of pyridine rings is 1. The van der Waals surface area contributed by atoms with Gasteiger partial charge in [0.1, 0.15) is 0 Å². The van der Waals surface area contributed by atoms with E-state index in [0.29, 0.717) is 46.2 Å². The summed E-state index contributed by atoms with van der Waals surface area (Å²) in [5.74, 6) is -0.268. The number of hydrogen-bond donors (Lipinski definition) is 3. The van der Waals surface area contributed by atoms with Crippen molar-refractivity contribution >= 4 is 28.2 Å². The Hall–Kier alpha value is -3.13. The molecule has 31 heavy (non-hydrogen) atoms. The number of anilines is 2. The molecule has 0 atom stereocenters. The van der Waals surface area contributed by atoms with Crippen molar-refractivity contribution in [3.63, 3.8) is 0 Å². The van der Waals surface area contributed by atoms with E-state index in [4.69, 9.17) is 5.73 Å². The van der Waals surface area contributed by atoms with Crippen molar-refractivity contribution in [1.29, 1.82) is 0 Å². The van der Waals surface area contributed by atoms with E-state index in [2.05, 4.69) is 10.3 Å². The molecule has 164 valence electrons. The molecule has 5 nitrogen and oxygen atoms in total. The van der Waals surface area contributed by atoms with Crippen LogP contribution in [0, 0.1) is 0 Å². The second-order valence-corrected chi connectivity index (χ2v) is 7.33. The maximum absolute atomic E-state index is 12.6. The van der Waals surface area contributed by atoms with Gasteiger partial charge < -0.3 is 16.2 Å². The number of fused-ring (bicyclic) bond motifs is 1. The molecule has 0 aliphatic carbocycles. The number of nitrogens with zero attached hydrogens (tertiary/aromatic N) is 1. The average molecular weight is 431 g/mol. The predicted molar refractivity (Wildman–Crippen MR) is 114 cm³/mol. The Labute approximate surface area is 178 Å². The number of halogens is 3. The highest BCUT2D eigenvalue weighted by molar-refractivity contribution is 5.98. The molecule has 2 aromatic carbocycles. The highest BCUT2D eigenvalue weighted by Crippen LogP contribution is 2.30. The van der Waals surface area contributed by atoms with E-state index in [1.807, 2.05) is 6.92 Å². The summed E-state index contributed by atoms with van der Waals surface area (Å²) < 4.78 is 37.9. The second-order valence-electron chi connectivity index (χ2n) is 7.33. The van der Waals surface area contributed by atoms with E-state index in [0.717, 1.165) is 24.2 Å². The summed E-state index contributed by atoms with van der Waals surface area (Å²) in [5.41, 5.74) is 9.19. The molecule has 0 spiro atoms. The normalized spacial score (nSPS) is 11.6. The zero-order chi connectivity index (χ0) is 22.6. The molecule has 0 unspecified atom stereocenters. The van der Waals surface area contributed by atoms with Crippen LogP contribution in [0.5, 0.6) is 0 Å². The van der Waals surface area contributed by atoms with Crippen LogP contribution in [-0.4, -0.2) is 16.0 Å². The first-order chi connectivity index (χ1) is 14.7. The van der Waals surface area contributed by atoms with Gasteiger partial charge in [-0.2, -0.15) is 13.2 Å². The van der Waals surface area contributed by atoms with Gasteiger partial charge >= 0.3 is 6.18 Å². The van der Waals surface area contributed by atoms with Gasteiger partial charge in [-0.1, -0.05) is 25.5 Å². The number of nitrogens with two attached hydrogens (primary N) is 1. The van der Waals surface area contributed by atoms with E-state index in [1.54, 1.807) is 18.2 Å². The largest absolute Gasteiger partial charge is 0.416 e. The minimum absolute atomic E-state index is 0.120. The monoisotopic (exact) mass is 431 g/mol. The van der Waals surface area contributed by atoms with E-state index in [-0.39, 0.29) is 18.9 Å². The number of aromatic nitrogens is 1. The molecule has 0 bridgehead atoms. The summed E-state index contributed by atoms with van der Waals surface area (Å²) in [7, 11) is 0. The molecular weight excluding hydrogens is 407 g/mol. The Morgan fingerprint density at radius 3 is 2.45 bits per heavy atom. The van der Waals surface area contributed by atoms with Gasteiger partial charge in [0.15, 0.2) is 0 Å². The van der Waals surface area contributed by atoms with Crippen LogP contribution in [0.15, 0.2) is 42.5 Å². The molecule has 0 radical (unpaired) electrons. The summed E-state index contributed by atoms with van der Waals surface area (Å²) in [4.78, 5) is 16.9. The number of alkyl halides is 3. The van der Waals surface area contributed by atoms with Gasteiger partial charge in [-0.15, -0.1) is 0 Å². The first-order valence-electron chi connectivity index (χ1n) is 10.0. The Kier molecular flexibility index (Phi) is 6.80. The van der Waals surface area contributed by atoms with E-state index >= 15 is 0 Å². The van der Waals surface area contributed by atoms with Crippen LogP contribution in [0.25, 0.3) is 10.9 Å². The minimum Gasteiger partial charge on any atom is -0.398 e. The number of hydrogen-bond acceptors (Lipinski definition) is 4. The Morgan fingerprint density at radius 1 is 1.13 bits per heavy atom. The lowest BCUT2D eigenvalue weighted by Crippen LogP contribution is -2.13. The first-order valence-corrected chi connectivity index (χ1v) is 10.0. The highest BCUT2D eigenvalue weighted by Gasteiger charge is 2.29. The summed E-state index contributed by atoms with van der Waals surface area (Å²) >= 11 is 0. The lowest BCUT2D eigenvalue weighted by atomic mass is 10.0. The number of aliphatic hydroxyl groups is 1. The van der Waals surface area contributed by atoms with Gasteiger partial charge in [-0.05, 0) is 48.7 Å². The average Bonchev–Trinajstić information content (AvgIpc) is 2.73. The number of nitrogens with one attached hydrogen (secondary N) is 1. The molecule has 1 amide bonds. The van der Waals surface area contributed by atoms with Crippen LogP contribution in [0.2, 0.25) is 0 Å². The van der Waals surface area contributed by atoms with Gasteiger partial charge in [0.2, 0.25) is 5.91 Å². The van der Waals surface area contributed by atoms with Gasteiger partial charge in [-0.25, -0.2) is 0 Å². The lowest BCUT2D eigenvalue weighted by Gasteiger charge is -2.14. The van der Waals surface area contributed by atoms with Gasteiger partial charge in [0, 0.05) is 34.4 Å². The maximum atomic E-state index is 12.6. The van der Waals surface area contributed by atoms with Crippen LogP contribution in [0.3, 0.4) is 0 Å². The van der Waals surface area contributed by atoms with Crippen molar-refractivity contribution in [2.75, 3.05) is 11.1 Å². The SMILES string of the molecule is CCCc1nc2ccc(NC(=O)CCc3ccc(C(F)(F)F)cc3)cc2c(N)c1CO. The zero-order valence-electron chi connectivity index (χ0n) is 17.1. The number of nitrogen functional groups attached to an aromatic ring is 1. The van der Waals surface area contributed by atoms with Crippen LogP contribution in [0.4, 0.5) is 24.5 Å². The number of rotatable bonds is 7. The maximum Gasteiger partial charge on any atom is 0.416 e. The Bertz CT molecular complexity index is 1080. The van der Waals surface area contributed by atoms with Crippen molar-refractivity contribution in [2.24, 2.45) is 0 Å². The van der Waals surface area contributed by atoms with Crippen molar-refractivity contribution < 1.29 is 23.1 Å². The Balaban J connectivity index is 1.70. The van der Waals surface area contributed by atoms with Crippen LogP contribution in [0.1, 0.15) is 42.1 Å². The van der Waals surface area contributed by atoms with Crippen LogP contribution >= 0.6 is 0 Å². The van der Waals surface area contributed by atoms with Crippen molar-refractivity contribution in [3.05, 3.63) is 64.8 Å². The summed E-state index contributed by atoms with van der Waals surface area (Å²) in [6.45, 7) is 1.81. The summed E-state index contributed by atoms with van der Waals surface area (Å²) in [6.07, 6.45) is -2.36. The molecular formula is C23H24F3N3O2. The quantitative estimate of drug-likeness (QED) is 0.499. The summed E-state index contributed by atoms with van der Waals surface area (Å²) in [6, 6.07) is 9.97. The topological polar surface area (TPSA) is 88.2 Å². The fraction of sp³-hybridized carbons (Fsp3) is 0.304. The standard InChI is InChI=1S/C23H24F3N3O2/c1-2-3-19-18(13-30)22(27)17-12-16(9-10-20(17)29-19)28-21(31)11-6-14-4-7-15(8-5-14)23(24,25)26/h4-5,7-10,12,30H,2-3,6,11,13H2,1H3,(H2,27,29)(H,28,31). The third kappa shape index (κ3) is 5.32. The number of aryl methyl sites for hydroxylation is 2. The fourth-order valence-electron chi connectivity index (χ4n) is 3.42. The smallest absolute Gasteiger partial charge is 0.398 e. The molecule has 8 heteroatoms.